The first-order chi connectivity index (χ1) is 16.5. The molecule has 0 radical (unpaired) electrons. The van der Waals surface area contributed by atoms with Crippen molar-refractivity contribution in [3.63, 3.8) is 0 Å². The fraction of sp³-hybridized carbons (Fsp3) is 0.0385. The molecule has 0 aliphatic heterocycles. The van der Waals surface area contributed by atoms with E-state index in [-0.39, 0.29) is 24.1 Å². The highest BCUT2D eigenvalue weighted by Crippen LogP contribution is 2.25. The number of amides is 2. The standard InChI is InChI=1S/C26H20FN3O4/c27-22-14-17(15-29-26(32)33)6-12-23(22)34-24-13-11-21(16-28-24)30-25(31)20-9-7-19(8-10-20)18-4-2-1-3-5-18/h1-14,16,29H,15H2,(H,30,31)(H,32,33). The van der Waals surface area contributed by atoms with Crippen molar-refractivity contribution < 1.29 is 23.8 Å². The Labute approximate surface area is 194 Å². The van der Waals surface area contributed by atoms with Crippen molar-refractivity contribution in [1.29, 1.82) is 0 Å². The van der Waals surface area contributed by atoms with Crippen LogP contribution in [-0.2, 0) is 6.54 Å². The molecule has 0 aliphatic rings. The Morgan fingerprint density at radius 3 is 2.29 bits per heavy atom. The highest BCUT2D eigenvalue weighted by molar-refractivity contribution is 6.04. The maximum atomic E-state index is 14.3. The Morgan fingerprint density at radius 1 is 0.912 bits per heavy atom. The second-order valence-electron chi connectivity index (χ2n) is 7.31. The van der Waals surface area contributed by atoms with Gasteiger partial charge in [0.05, 0.1) is 11.9 Å². The molecule has 8 heteroatoms. The summed E-state index contributed by atoms with van der Waals surface area (Å²) < 4.78 is 19.7. The van der Waals surface area contributed by atoms with Gasteiger partial charge in [-0.05, 0) is 47.0 Å². The van der Waals surface area contributed by atoms with Gasteiger partial charge in [0.2, 0.25) is 5.88 Å². The molecular formula is C26H20FN3O4. The first-order valence-corrected chi connectivity index (χ1v) is 10.3. The van der Waals surface area contributed by atoms with Gasteiger partial charge < -0.3 is 20.5 Å². The summed E-state index contributed by atoms with van der Waals surface area (Å²) in [6.45, 7) is -0.0197. The van der Waals surface area contributed by atoms with Crippen LogP contribution < -0.4 is 15.4 Å². The number of aromatic nitrogens is 1. The molecule has 1 heterocycles. The lowest BCUT2D eigenvalue weighted by atomic mass is 10.0. The zero-order chi connectivity index (χ0) is 23.9. The molecule has 0 fully saturated rings. The largest absolute Gasteiger partial charge is 0.465 e. The lowest BCUT2D eigenvalue weighted by Gasteiger charge is -2.09. The summed E-state index contributed by atoms with van der Waals surface area (Å²) in [7, 11) is 0. The molecule has 34 heavy (non-hydrogen) atoms. The Kier molecular flexibility index (Phi) is 6.78. The highest BCUT2D eigenvalue weighted by atomic mass is 19.1. The van der Waals surface area contributed by atoms with E-state index in [1.54, 1.807) is 24.3 Å². The summed E-state index contributed by atoms with van der Waals surface area (Å²) in [6, 6.07) is 24.4. The number of ether oxygens (including phenoxy) is 1. The first kappa shape index (κ1) is 22.5. The van der Waals surface area contributed by atoms with E-state index in [1.807, 2.05) is 42.5 Å². The summed E-state index contributed by atoms with van der Waals surface area (Å²) in [5.74, 6) is -0.850. The average Bonchev–Trinajstić information content (AvgIpc) is 2.86. The van der Waals surface area contributed by atoms with Crippen LogP contribution in [0.15, 0.2) is 91.1 Å². The van der Waals surface area contributed by atoms with Crippen LogP contribution in [0.2, 0.25) is 0 Å². The molecule has 4 rings (SSSR count). The van der Waals surface area contributed by atoms with E-state index >= 15 is 0 Å². The van der Waals surface area contributed by atoms with Crippen LogP contribution in [0.25, 0.3) is 11.1 Å². The van der Waals surface area contributed by atoms with Gasteiger partial charge in [0, 0.05) is 18.2 Å². The maximum absolute atomic E-state index is 14.3. The predicted octanol–water partition coefficient (Wildman–Crippen LogP) is 5.70. The van der Waals surface area contributed by atoms with Gasteiger partial charge in [-0.3, -0.25) is 4.79 Å². The van der Waals surface area contributed by atoms with Gasteiger partial charge in [0.15, 0.2) is 11.6 Å². The molecule has 7 nitrogen and oxygen atoms in total. The third-order valence-electron chi connectivity index (χ3n) is 4.90. The van der Waals surface area contributed by atoms with Crippen molar-refractivity contribution in [3.05, 3.63) is 108 Å². The third kappa shape index (κ3) is 5.74. The lowest BCUT2D eigenvalue weighted by Crippen LogP contribution is -2.19. The molecule has 2 amide bonds. The number of hydrogen-bond acceptors (Lipinski definition) is 4. The van der Waals surface area contributed by atoms with Crippen LogP contribution in [0.1, 0.15) is 15.9 Å². The van der Waals surface area contributed by atoms with Crippen molar-refractivity contribution in [2.75, 3.05) is 5.32 Å². The van der Waals surface area contributed by atoms with Crippen LogP contribution >= 0.6 is 0 Å². The molecule has 1 aromatic heterocycles. The van der Waals surface area contributed by atoms with Gasteiger partial charge in [-0.25, -0.2) is 14.2 Å². The maximum Gasteiger partial charge on any atom is 0.404 e. The molecule has 4 aromatic rings. The summed E-state index contributed by atoms with van der Waals surface area (Å²) in [6.07, 6.45) is 0.218. The van der Waals surface area contributed by atoms with Crippen molar-refractivity contribution in [3.8, 4) is 22.8 Å². The van der Waals surface area contributed by atoms with E-state index in [9.17, 15) is 14.0 Å². The van der Waals surface area contributed by atoms with Crippen LogP contribution in [0.5, 0.6) is 11.6 Å². The van der Waals surface area contributed by atoms with Gasteiger partial charge in [-0.15, -0.1) is 0 Å². The van der Waals surface area contributed by atoms with Gasteiger partial charge in [0.25, 0.3) is 5.91 Å². The van der Waals surface area contributed by atoms with E-state index in [0.717, 1.165) is 11.1 Å². The van der Waals surface area contributed by atoms with E-state index in [4.69, 9.17) is 9.84 Å². The van der Waals surface area contributed by atoms with Gasteiger partial charge in [-0.2, -0.15) is 0 Å². The van der Waals surface area contributed by atoms with Crippen LogP contribution in [0, 0.1) is 5.82 Å². The number of nitrogens with zero attached hydrogens (tertiary/aromatic N) is 1. The minimum atomic E-state index is -1.19. The molecule has 0 saturated heterocycles. The first-order valence-electron chi connectivity index (χ1n) is 10.3. The third-order valence-corrected chi connectivity index (χ3v) is 4.90. The van der Waals surface area contributed by atoms with Gasteiger partial charge in [0.1, 0.15) is 0 Å². The van der Waals surface area contributed by atoms with Crippen molar-refractivity contribution >= 4 is 17.7 Å². The molecule has 0 unspecified atom stereocenters. The molecule has 3 aromatic carbocycles. The monoisotopic (exact) mass is 457 g/mol. The number of rotatable bonds is 7. The molecule has 0 bridgehead atoms. The minimum absolute atomic E-state index is 0.0197. The second kappa shape index (κ2) is 10.3. The quantitative estimate of drug-likeness (QED) is 0.331. The zero-order valence-electron chi connectivity index (χ0n) is 17.9. The average molecular weight is 457 g/mol. The zero-order valence-corrected chi connectivity index (χ0v) is 17.9. The molecule has 0 aliphatic carbocycles. The summed E-state index contributed by atoms with van der Waals surface area (Å²) in [4.78, 5) is 27.2. The van der Waals surface area contributed by atoms with Crippen molar-refractivity contribution in [2.45, 2.75) is 6.54 Å². The number of carboxylic acid groups (broad SMARTS) is 1. The minimum Gasteiger partial charge on any atom is -0.465 e. The number of carbonyl (C=O) groups excluding carboxylic acids is 1. The molecule has 170 valence electrons. The number of benzene rings is 3. The van der Waals surface area contributed by atoms with Crippen LogP contribution in [-0.4, -0.2) is 22.1 Å². The highest BCUT2D eigenvalue weighted by Gasteiger charge is 2.10. The SMILES string of the molecule is O=C(O)NCc1ccc(Oc2ccc(NC(=O)c3ccc(-c4ccccc4)cc3)cn2)c(F)c1. The van der Waals surface area contributed by atoms with Crippen LogP contribution in [0.3, 0.4) is 0 Å². The predicted molar refractivity (Wildman–Crippen MR) is 125 cm³/mol. The fourth-order valence-electron chi connectivity index (χ4n) is 3.19. The van der Waals surface area contributed by atoms with Crippen molar-refractivity contribution in [1.82, 2.24) is 10.3 Å². The van der Waals surface area contributed by atoms with Crippen molar-refractivity contribution in [2.24, 2.45) is 0 Å². The summed E-state index contributed by atoms with van der Waals surface area (Å²) in [5, 5.41) is 13.6. The Bertz CT molecular complexity index is 1290. The Balaban J connectivity index is 1.36. The fourth-order valence-corrected chi connectivity index (χ4v) is 3.19. The molecule has 0 spiro atoms. The van der Waals surface area contributed by atoms with Gasteiger partial charge in [-0.1, -0.05) is 48.5 Å². The smallest absolute Gasteiger partial charge is 0.404 e. The normalized spacial score (nSPS) is 10.4. The molecular weight excluding hydrogens is 437 g/mol. The Hall–Kier alpha value is -4.72. The van der Waals surface area contributed by atoms with Crippen LogP contribution in [0.4, 0.5) is 14.9 Å². The number of anilines is 1. The molecule has 0 saturated carbocycles. The second-order valence-corrected chi connectivity index (χ2v) is 7.31. The molecule has 3 N–H and O–H groups in total. The lowest BCUT2D eigenvalue weighted by molar-refractivity contribution is 0.102. The number of carbonyl (C=O) groups is 2. The van der Waals surface area contributed by atoms with E-state index in [2.05, 4.69) is 15.6 Å². The number of pyridine rings is 1. The number of nitrogens with one attached hydrogen (secondary N) is 2. The topological polar surface area (TPSA) is 101 Å². The van der Waals surface area contributed by atoms with E-state index in [1.165, 1.54) is 24.4 Å². The number of hydrogen-bond donors (Lipinski definition) is 3. The molecule has 0 atom stereocenters. The van der Waals surface area contributed by atoms with Gasteiger partial charge >= 0.3 is 6.09 Å². The van der Waals surface area contributed by atoms with E-state index < -0.39 is 11.9 Å². The Morgan fingerprint density at radius 2 is 1.65 bits per heavy atom. The summed E-state index contributed by atoms with van der Waals surface area (Å²) >= 11 is 0. The number of halogens is 1. The van der Waals surface area contributed by atoms with E-state index in [0.29, 0.717) is 16.8 Å². The summed E-state index contributed by atoms with van der Waals surface area (Å²) in [5.41, 5.74) is 3.49.